The molecule has 2 N–H and O–H groups in total. The molecule has 10 nitrogen and oxygen atoms in total. The van der Waals surface area contributed by atoms with Gasteiger partial charge in [0.25, 0.3) is 0 Å². The van der Waals surface area contributed by atoms with E-state index >= 15 is 0 Å². The van der Waals surface area contributed by atoms with E-state index in [-0.39, 0.29) is 44.2 Å². The minimum atomic E-state index is -1.33. The Kier molecular flexibility index (Phi) is 13.1. The first-order valence-electron chi connectivity index (χ1n) is 17.7. The molecule has 1 heterocycles. The minimum absolute atomic E-state index is 0.116. The Balaban J connectivity index is 1.68. The lowest BCUT2D eigenvalue weighted by atomic mass is 9.55. The highest BCUT2D eigenvalue weighted by atomic mass is 16.7. The van der Waals surface area contributed by atoms with Crippen LogP contribution in [0.4, 0.5) is 4.79 Å². The van der Waals surface area contributed by atoms with E-state index in [9.17, 15) is 15.0 Å². The molecule has 270 valence electrons. The molecule has 2 aromatic rings. The maximum Gasteiger partial charge on any atom is 0.410 e. The van der Waals surface area contributed by atoms with Crippen molar-refractivity contribution in [2.24, 2.45) is 22.9 Å². The summed E-state index contributed by atoms with van der Waals surface area (Å²) in [5.41, 5.74) is 3.57. The summed E-state index contributed by atoms with van der Waals surface area (Å²) in [6.07, 6.45) is 10.3. The average molecular weight is 689 g/mol. The smallest absolute Gasteiger partial charge is 0.410 e. The monoisotopic (exact) mass is 688 g/mol. The number of fused-ring (bicyclic) bond motifs is 2. The van der Waals surface area contributed by atoms with Crippen LogP contribution in [-0.2, 0) is 20.9 Å². The van der Waals surface area contributed by atoms with Crippen LogP contribution in [0.15, 0.2) is 90.6 Å². The van der Waals surface area contributed by atoms with Gasteiger partial charge in [-0.3, -0.25) is 0 Å². The fraction of sp³-hybridized carbons (Fsp3) is 0.500. The first-order chi connectivity index (χ1) is 24.4. The van der Waals surface area contributed by atoms with Crippen molar-refractivity contribution in [1.82, 2.24) is 4.90 Å². The average Bonchev–Trinajstić information content (AvgIpc) is 3.14. The summed E-state index contributed by atoms with van der Waals surface area (Å²) >= 11 is 0. The molecule has 1 fully saturated rings. The van der Waals surface area contributed by atoms with Crippen LogP contribution >= 0.6 is 0 Å². The third kappa shape index (κ3) is 7.93. The molecule has 50 heavy (non-hydrogen) atoms. The van der Waals surface area contributed by atoms with Crippen molar-refractivity contribution in [3.8, 4) is 11.5 Å². The third-order valence-electron chi connectivity index (χ3n) is 10.2. The summed E-state index contributed by atoms with van der Waals surface area (Å²) in [6.45, 7) is 8.68. The van der Waals surface area contributed by atoms with Gasteiger partial charge in [-0.1, -0.05) is 73.1 Å². The van der Waals surface area contributed by atoms with E-state index in [1.807, 2.05) is 42.5 Å². The van der Waals surface area contributed by atoms with Gasteiger partial charge in [-0.25, -0.2) is 4.79 Å². The molecule has 1 amide bonds. The SMILES string of the molecule is C=CCOc1ccc2c(c1)[C@H]1[C@H](CCCCO)[C@@H](CCCCO)C=C3C(=NOC)C[C@H](N(C)C(=O)OCc4ccccc4)[C@@](OCC=C)(O2)[C@H]31. The molecule has 0 saturated heterocycles. The highest BCUT2D eigenvalue weighted by molar-refractivity contribution is 6.02. The summed E-state index contributed by atoms with van der Waals surface area (Å²) in [7, 11) is 3.25. The summed E-state index contributed by atoms with van der Waals surface area (Å²) in [5, 5.41) is 24.0. The fourth-order valence-electron chi connectivity index (χ4n) is 8.03. The molecule has 2 aliphatic carbocycles. The van der Waals surface area contributed by atoms with Gasteiger partial charge < -0.3 is 38.9 Å². The molecule has 6 atom stereocenters. The number of aliphatic hydroxyl groups is 2. The Morgan fingerprint density at radius 2 is 1.78 bits per heavy atom. The molecule has 0 radical (unpaired) electrons. The number of carbonyl (C=O) groups is 1. The Morgan fingerprint density at radius 1 is 1.04 bits per heavy atom. The lowest BCUT2D eigenvalue weighted by Gasteiger charge is -2.59. The number of benzene rings is 2. The van der Waals surface area contributed by atoms with Gasteiger partial charge in [0, 0.05) is 38.2 Å². The van der Waals surface area contributed by atoms with Crippen LogP contribution in [-0.4, -0.2) is 79.3 Å². The number of likely N-dealkylation sites (N-methyl/N-ethyl adjacent to an activating group) is 1. The second kappa shape index (κ2) is 17.7. The molecule has 0 unspecified atom stereocenters. The quantitative estimate of drug-likeness (QED) is 0.1000. The van der Waals surface area contributed by atoms with E-state index < -0.39 is 23.8 Å². The molecule has 1 saturated carbocycles. The van der Waals surface area contributed by atoms with Crippen LogP contribution < -0.4 is 9.47 Å². The largest absolute Gasteiger partial charge is 0.490 e. The number of nitrogens with zero attached hydrogens (tertiary/aromatic N) is 2. The number of rotatable bonds is 18. The molecule has 3 aliphatic rings. The van der Waals surface area contributed by atoms with E-state index in [1.165, 1.54) is 7.11 Å². The molecule has 5 rings (SSSR count). The van der Waals surface area contributed by atoms with E-state index in [4.69, 9.17) is 23.8 Å². The molecule has 2 aromatic carbocycles. The summed E-state index contributed by atoms with van der Waals surface area (Å²) in [4.78, 5) is 20.9. The van der Waals surface area contributed by atoms with Gasteiger partial charge >= 0.3 is 6.09 Å². The highest BCUT2D eigenvalue weighted by Crippen LogP contribution is 2.61. The second-order valence-electron chi connectivity index (χ2n) is 13.2. The molecule has 0 aromatic heterocycles. The predicted octanol–water partition coefficient (Wildman–Crippen LogP) is 6.78. The zero-order valence-corrected chi connectivity index (χ0v) is 29.4. The van der Waals surface area contributed by atoms with Gasteiger partial charge in [0.15, 0.2) is 0 Å². The first kappa shape index (κ1) is 37.1. The van der Waals surface area contributed by atoms with Gasteiger partial charge in [-0.05, 0) is 66.9 Å². The zero-order chi connectivity index (χ0) is 35.5. The Hall–Kier alpha value is -4.12. The molecule has 0 bridgehead atoms. The Labute approximate surface area is 296 Å². The van der Waals surface area contributed by atoms with Crippen LogP contribution in [0.3, 0.4) is 0 Å². The molecule has 1 aliphatic heterocycles. The Bertz CT molecular complexity index is 1510. The number of amides is 1. The van der Waals surface area contributed by atoms with Crippen LogP contribution in [0.5, 0.6) is 11.5 Å². The van der Waals surface area contributed by atoms with Crippen molar-refractivity contribution >= 4 is 11.8 Å². The van der Waals surface area contributed by atoms with Gasteiger partial charge in [0.1, 0.15) is 37.9 Å². The summed E-state index contributed by atoms with van der Waals surface area (Å²) in [6, 6.07) is 14.8. The van der Waals surface area contributed by atoms with Gasteiger partial charge in [0.05, 0.1) is 18.2 Å². The number of hydrogen-bond acceptors (Lipinski definition) is 9. The molecule has 0 spiro atoms. The number of oxime groups is 1. The highest BCUT2D eigenvalue weighted by Gasteiger charge is 2.65. The van der Waals surface area contributed by atoms with Crippen molar-refractivity contribution in [3.05, 3.63) is 96.6 Å². The molecular weight excluding hydrogens is 636 g/mol. The van der Waals surface area contributed by atoms with Crippen LogP contribution in [0.1, 0.15) is 62.0 Å². The number of ether oxygens (including phenoxy) is 4. The van der Waals surface area contributed by atoms with Crippen LogP contribution in [0.25, 0.3) is 0 Å². The van der Waals surface area contributed by atoms with Gasteiger partial charge in [-0.15, -0.1) is 6.58 Å². The normalized spacial score (nSPS) is 25.7. The standard InChI is InChI=1S/C40H52N2O8/c1-5-22-47-30-18-19-35-33(25-30)37-31(17-11-13-21-44)29(16-10-12-20-43)24-32-34(41-46-4)26-36(40(50-35,38(32)37)49-23-6-2)42(3)39(45)48-27-28-14-8-7-9-15-28/h5-9,14-15,18-19,24-25,29,31,36-38,43-44H,1-2,10-13,16-17,20-23,26-27H2,3-4H3/t29-,31+,36-,37+,38+,40+/m0/s1. The van der Waals surface area contributed by atoms with Crippen molar-refractivity contribution in [2.75, 3.05) is 40.6 Å². The number of allylic oxidation sites excluding steroid dienone is 1. The van der Waals surface area contributed by atoms with E-state index in [1.54, 1.807) is 24.1 Å². The minimum Gasteiger partial charge on any atom is -0.490 e. The summed E-state index contributed by atoms with van der Waals surface area (Å²) < 4.78 is 25.8. The van der Waals surface area contributed by atoms with E-state index in [0.717, 1.165) is 48.1 Å². The van der Waals surface area contributed by atoms with Crippen molar-refractivity contribution < 1.29 is 38.8 Å². The predicted molar refractivity (Wildman–Crippen MR) is 192 cm³/mol. The molecule has 10 heteroatoms. The number of hydrogen-bond donors (Lipinski definition) is 2. The number of carbonyl (C=O) groups excluding carboxylic acids is 1. The van der Waals surface area contributed by atoms with Crippen molar-refractivity contribution in [3.63, 3.8) is 0 Å². The van der Waals surface area contributed by atoms with Crippen molar-refractivity contribution in [1.29, 1.82) is 0 Å². The summed E-state index contributed by atoms with van der Waals surface area (Å²) in [5.74, 6) is -0.234. The van der Waals surface area contributed by atoms with Crippen LogP contribution in [0.2, 0.25) is 0 Å². The topological polar surface area (TPSA) is 119 Å². The lowest BCUT2D eigenvalue weighted by molar-refractivity contribution is -0.253. The van der Waals surface area contributed by atoms with Gasteiger partial charge in [0.2, 0.25) is 5.79 Å². The van der Waals surface area contributed by atoms with E-state index in [0.29, 0.717) is 37.4 Å². The lowest BCUT2D eigenvalue weighted by Crippen LogP contribution is -2.69. The second-order valence-corrected chi connectivity index (χ2v) is 13.2. The van der Waals surface area contributed by atoms with Crippen molar-refractivity contribution in [2.45, 2.75) is 69.3 Å². The zero-order valence-electron chi connectivity index (χ0n) is 29.4. The van der Waals surface area contributed by atoms with Crippen LogP contribution in [0, 0.1) is 17.8 Å². The fourth-order valence-corrected chi connectivity index (χ4v) is 8.03. The first-order valence-corrected chi connectivity index (χ1v) is 17.7. The van der Waals surface area contributed by atoms with E-state index in [2.05, 4.69) is 30.5 Å². The Morgan fingerprint density at radius 3 is 2.48 bits per heavy atom. The van der Waals surface area contributed by atoms with Gasteiger partial charge in [-0.2, -0.15) is 0 Å². The molecular formula is C40H52N2O8. The maximum atomic E-state index is 13.9. The third-order valence-corrected chi connectivity index (χ3v) is 10.2. The number of unbranched alkanes of at least 4 members (excludes halogenated alkanes) is 2. The number of aliphatic hydroxyl groups excluding tert-OH is 2. The maximum absolute atomic E-state index is 13.9.